The number of piperidine rings is 1. The summed E-state index contributed by atoms with van der Waals surface area (Å²) in [5, 5.41) is 2.96. The first-order valence-electron chi connectivity index (χ1n) is 15.2. The summed E-state index contributed by atoms with van der Waals surface area (Å²) in [5.74, 6) is 0.829. The average molecular weight is 583 g/mol. The quantitative estimate of drug-likeness (QED) is 0.415. The van der Waals surface area contributed by atoms with Gasteiger partial charge in [0.15, 0.2) is 11.5 Å². The first kappa shape index (κ1) is 28.6. The highest BCUT2D eigenvalue weighted by molar-refractivity contribution is 6.06. The molecule has 0 spiro atoms. The molecule has 9 heteroatoms. The van der Waals surface area contributed by atoms with Crippen molar-refractivity contribution >= 4 is 29.1 Å². The minimum absolute atomic E-state index is 0.0255. The van der Waals surface area contributed by atoms with E-state index in [0.717, 1.165) is 50.0 Å². The molecule has 2 fully saturated rings. The number of benzene rings is 3. The number of anilines is 2. The van der Waals surface area contributed by atoms with Gasteiger partial charge in [-0.3, -0.25) is 14.4 Å². The van der Waals surface area contributed by atoms with Crippen molar-refractivity contribution in [2.24, 2.45) is 0 Å². The first-order valence-corrected chi connectivity index (χ1v) is 15.2. The molecule has 0 aliphatic carbocycles. The predicted molar refractivity (Wildman–Crippen MR) is 165 cm³/mol. The molecule has 0 aromatic heterocycles. The van der Waals surface area contributed by atoms with E-state index in [4.69, 9.17) is 9.47 Å². The Morgan fingerprint density at radius 2 is 1.53 bits per heavy atom. The van der Waals surface area contributed by atoms with Gasteiger partial charge in [0.05, 0.1) is 11.5 Å². The maximum atomic E-state index is 13.8. The molecule has 6 rings (SSSR count). The van der Waals surface area contributed by atoms with Gasteiger partial charge in [0, 0.05) is 56.2 Å². The molecule has 43 heavy (non-hydrogen) atoms. The van der Waals surface area contributed by atoms with E-state index in [0.29, 0.717) is 54.5 Å². The van der Waals surface area contributed by atoms with Crippen LogP contribution in [0.2, 0.25) is 0 Å². The summed E-state index contributed by atoms with van der Waals surface area (Å²) in [7, 11) is 0. The Labute approximate surface area is 252 Å². The van der Waals surface area contributed by atoms with Crippen molar-refractivity contribution in [1.82, 2.24) is 9.80 Å². The zero-order chi connectivity index (χ0) is 29.8. The molecular weight excluding hydrogens is 544 g/mol. The van der Waals surface area contributed by atoms with Gasteiger partial charge in [0.25, 0.3) is 11.8 Å². The van der Waals surface area contributed by atoms with Crippen molar-refractivity contribution in [3.8, 4) is 11.5 Å². The van der Waals surface area contributed by atoms with Gasteiger partial charge in [-0.15, -0.1) is 0 Å². The molecule has 2 saturated heterocycles. The lowest BCUT2D eigenvalue weighted by Gasteiger charge is -2.38. The average Bonchev–Trinajstić information content (AvgIpc) is 3.54. The SMILES string of the molecule is CC[C@H](C(=O)N1CCN(c2ccc(NC(=O)c3ccc4c(c3)OCO4)cc2C(=O)N2CCCCC2)CC1)c1ccccc1. The van der Waals surface area contributed by atoms with E-state index < -0.39 is 0 Å². The molecule has 0 unspecified atom stereocenters. The minimum Gasteiger partial charge on any atom is -0.454 e. The van der Waals surface area contributed by atoms with E-state index in [1.165, 1.54) is 0 Å². The number of fused-ring (bicyclic) bond motifs is 1. The third-order valence-electron chi connectivity index (χ3n) is 8.60. The Balaban J connectivity index is 1.20. The van der Waals surface area contributed by atoms with E-state index in [9.17, 15) is 14.4 Å². The van der Waals surface area contributed by atoms with Gasteiger partial charge in [0.1, 0.15) is 0 Å². The molecule has 1 N–H and O–H groups in total. The van der Waals surface area contributed by atoms with E-state index in [2.05, 4.69) is 17.1 Å². The van der Waals surface area contributed by atoms with Crippen molar-refractivity contribution in [2.75, 3.05) is 56.3 Å². The van der Waals surface area contributed by atoms with Gasteiger partial charge in [-0.2, -0.15) is 0 Å². The summed E-state index contributed by atoms with van der Waals surface area (Å²) in [6.45, 7) is 6.07. The molecule has 1 atom stereocenters. The van der Waals surface area contributed by atoms with E-state index in [-0.39, 0.29) is 30.4 Å². The van der Waals surface area contributed by atoms with Gasteiger partial charge < -0.3 is 29.5 Å². The van der Waals surface area contributed by atoms with Crippen LogP contribution in [0.3, 0.4) is 0 Å². The largest absolute Gasteiger partial charge is 0.454 e. The van der Waals surface area contributed by atoms with Crippen LogP contribution in [0.1, 0.15) is 64.8 Å². The van der Waals surface area contributed by atoms with Crippen molar-refractivity contribution < 1.29 is 23.9 Å². The highest BCUT2D eigenvalue weighted by Crippen LogP contribution is 2.33. The summed E-state index contributed by atoms with van der Waals surface area (Å²) in [5.41, 5.74) is 3.44. The molecule has 9 nitrogen and oxygen atoms in total. The number of rotatable bonds is 7. The molecule has 0 radical (unpaired) electrons. The molecule has 0 saturated carbocycles. The zero-order valence-corrected chi connectivity index (χ0v) is 24.6. The van der Waals surface area contributed by atoms with Gasteiger partial charge in [-0.25, -0.2) is 0 Å². The summed E-state index contributed by atoms with van der Waals surface area (Å²) in [6.07, 6.45) is 3.85. The van der Waals surface area contributed by atoms with Crippen LogP contribution in [0.5, 0.6) is 11.5 Å². The molecule has 3 heterocycles. The summed E-state index contributed by atoms with van der Waals surface area (Å²) >= 11 is 0. The number of ether oxygens (including phenoxy) is 2. The van der Waals surface area contributed by atoms with Crippen LogP contribution in [0.25, 0.3) is 0 Å². The van der Waals surface area contributed by atoms with Gasteiger partial charge in [-0.05, 0) is 67.6 Å². The second-order valence-electron chi connectivity index (χ2n) is 11.3. The number of nitrogens with zero attached hydrogens (tertiary/aromatic N) is 3. The fraction of sp³-hybridized carbons (Fsp3) is 0.382. The van der Waals surface area contributed by atoms with Crippen LogP contribution in [0.15, 0.2) is 66.7 Å². The maximum Gasteiger partial charge on any atom is 0.256 e. The van der Waals surface area contributed by atoms with Crippen LogP contribution in [-0.2, 0) is 4.79 Å². The number of amides is 3. The highest BCUT2D eigenvalue weighted by Gasteiger charge is 2.30. The fourth-order valence-corrected chi connectivity index (χ4v) is 6.20. The monoisotopic (exact) mass is 582 g/mol. The van der Waals surface area contributed by atoms with Crippen LogP contribution in [0.4, 0.5) is 11.4 Å². The van der Waals surface area contributed by atoms with Gasteiger partial charge in [-0.1, -0.05) is 37.3 Å². The standard InChI is InChI=1S/C34H38N4O5/c1-2-27(24-9-5-3-6-10-24)33(40)38-19-17-36(18-20-38)29-13-12-26(22-28(29)34(41)37-15-7-4-8-16-37)35-32(39)25-11-14-30-31(21-25)43-23-42-30/h3,5-6,9-14,21-22,27H,2,4,7-8,15-20,23H2,1H3,(H,35,39)/t27-/m0/s1. The van der Waals surface area contributed by atoms with Crippen LogP contribution < -0.4 is 19.7 Å². The maximum absolute atomic E-state index is 13.8. The normalized spacial score (nSPS) is 17.0. The molecule has 3 amide bonds. The molecular formula is C34H38N4O5. The highest BCUT2D eigenvalue weighted by atomic mass is 16.7. The van der Waals surface area contributed by atoms with Crippen LogP contribution in [-0.4, -0.2) is 73.6 Å². The summed E-state index contributed by atoms with van der Waals surface area (Å²) in [6, 6.07) is 20.6. The number of hydrogen-bond acceptors (Lipinski definition) is 6. The van der Waals surface area contributed by atoms with Crippen molar-refractivity contribution in [1.29, 1.82) is 0 Å². The lowest BCUT2D eigenvalue weighted by atomic mass is 9.94. The zero-order valence-electron chi connectivity index (χ0n) is 24.6. The predicted octanol–water partition coefficient (Wildman–Crippen LogP) is 5.14. The van der Waals surface area contributed by atoms with Gasteiger partial charge >= 0.3 is 0 Å². The fourth-order valence-electron chi connectivity index (χ4n) is 6.20. The third-order valence-corrected chi connectivity index (χ3v) is 8.60. The minimum atomic E-state index is -0.293. The van der Waals surface area contributed by atoms with E-state index >= 15 is 0 Å². The van der Waals surface area contributed by atoms with Crippen molar-refractivity contribution in [2.45, 2.75) is 38.5 Å². The Hall–Kier alpha value is -4.53. The van der Waals surface area contributed by atoms with Crippen LogP contribution in [0, 0.1) is 0 Å². The number of carbonyl (C=O) groups is 3. The molecule has 3 aromatic rings. The van der Waals surface area contributed by atoms with Crippen molar-refractivity contribution in [3.05, 3.63) is 83.4 Å². The molecule has 3 aliphatic heterocycles. The molecule has 3 aliphatic rings. The molecule has 224 valence electrons. The van der Waals surface area contributed by atoms with Crippen LogP contribution >= 0.6 is 0 Å². The second kappa shape index (κ2) is 12.8. The molecule has 3 aromatic carbocycles. The number of nitrogens with one attached hydrogen (secondary N) is 1. The van der Waals surface area contributed by atoms with Gasteiger partial charge in [0.2, 0.25) is 12.7 Å². The Kier molecular flexibility index (Phi) is 8.49. The summed E-state index contributed by atoms with van der Waals surface area (Å²) < 4.78 is 10.8. The third kappa shape index (κ3) is 6.16. The lowest BCUT2D eigenvalue weighted by molar-refractivity contribution is -0.133. The number of hydrogen-bond donors (Lipinski definition) is 1. The Morgan fingerprint density at radius 1 is 0.791 bits per heavy atom. The summed E-state index contributed by atoms with van der Waals surface area (Å²) in [4.78, 5) is 46.5. The smallest absolute Gasteiger partial charge is 0.256 e. The first-order chi connectivity index (χ1) is 21.0. The van der Waals surface area contributed by atoms with Crippen molar-refractivity contribution in [3.63, 3.8) is 0 Å². The number of likely N-dealkylation sites (tertiary alicyclic amines) is 1. The Bertz CT molecular complexity index is 1480. The second-order valence-corrected chi connectivity index (χ2v) is 11.3. The Morgan fingerprint density at radius 3 is 2.28 bits per heavy atom. The number of carbonyl (C=O) groups excluding carboxylic acids is 3. The van der Waals surface area contributed by atoms with E-state index in [1.54, 1.807) is 24.3 Å². The van der Waals surface area contributed by atoms with E-state index in [1.807, 2.05) is 52.3 Å². The lowest BCUT2D eigenvalue weighted by Crippen LogP contribution is -2.50. The topological polar surface area (TPSA) is 91.4 Å². The molecule has 0 bridgehead atoms. The number of piperazine rings is 1.